The van der Waals surface area contributed by atoms with Crippen LogP contribution in [0.25, 0.3) is 33.6 Å². The molecule has 1 saturated heterocycles. The molecule has 1 N–H and O–H groups in total. The monoisotopic (exact) mass is 519 g/mol. The van der Waals surface area contributed by atoms with E-state index in [0.717, 1.165) is 12.0 Å². The van der Waals surface area contributed by atoms with Gasteiger partial charge in [0.15, 0.2) is 5.58 Å². The maximum atomic E-state index is 13.5. The minimum absolute atomic E-state index is 0.117. The van der Waals surface area contributed by atoms with Crippen molar-refractivity contribution in [3.63, 3.8) is 0 Å². The largest absolute Gasteiger partial charge is 0.436 e. The van der Waals surface area contributed by atoms with Crippen LogP contribution in [0.4, 0.5) is 0 Å². The first-order valence-electron chi connectivity index (χ1n) is 12.3. The Labute approximate surface area is 221 Å². The first-order valence-corrected chi connectivity index (χ1v) is 12.3. The number of carbonyl (C=O) groups excluding carboxylic acids is 2. The second-order valence-corrected chi connectivity index (χ2v) is 9.17. The lowest BCUT2D eigenvalue weighted by Gasteiger charge is -2.31. The van der Waals surface area contributed by atoms with Crippen LogP contribution in [-0.4, -0.2) is 49.3 Å². The minimum Gasteiger partial charge on any atom is -0.436 e. The van der Waals surface area contributed by atoms with Gasteiger partial charge >= 0.3 is 0 Å². The van der Waals surface area contributed by atoms with E-state index in [1.54, 1.807) is 53.7 Å². The molecule has 39 heavy (non-hydrogen) atoms. The van der Waals surface area contributed by atoms with Gasteiger partial charge in [0.05, 0.1) is 23.4 Å². The van der Waals surface area contributed by atoms with Gasteiger partial charge in [0.1, 0.15) is 23.3 Å². The molecule has 0 saturated carbocycles. The van der Waals surface area contributed by atoms with Crippen LogP contribution >= 0.6 is 0 Å². The van der Waals surface area contributed by atoms with Gasteiger partial charge in [0.25, 0.3) is 11.5 Å². The van der Waals surface area contributed by atoms with Crippen molar-refractivity contribution in [2.45, 2.75) is 19.5 Å². The average Bonchev–Trinajstić information content (AvgIpc) is 3.36. The number of hydrogen-bond donors (Lipinski definition) is 1. The molecule has 6 rings (SSSR count). The van der Waals surface area contributed by atoms with Gasteiger partial charge < -0.3 is 14.6 Å². The fourth-order valence-corrected chi connectivity index (χ4v) is 4.37. The number of hydrogen-bond acceptors (Lipinski definition) is 8. The summed E-state index contributed by atoms with van der Waals surface area (Å²) < 4.78 is 7.08. The van der Waals surface area contributed by atoms with E-state index in [9.17, 15) is 14.4 Å². The normalized spacial score (nSPS) is 12.7. The third-order valence-electron chi connectivity index (χ3n) is 6.65. The van der Waals surface area contributed by atoms with E-state index < -0.39 is 11.5 Å². The van der Waals surface area contributed by atoms with Crippen molar-refractivity contribution < 1.29 is 14.0 Å². The number of carbonyl (C=O) groups is 2. The molecule has 4 aromatic heterocycles. The Morgan fingerprint density at radius 2 is 1.92 bits per heavy atom. The zero-order valence-electron chi connectivity index (χ0n) is 20.6. The highest BCUT2D eigenvalue weighted by Crippen LogP contribution is 2.26. The fraction of sp³-hybridized carbons (Fsp3) is 0.179. The number of nitrogens with zero attached hydrogens (tertiary/aromatic N) is 6. The van der Waals surface area contributed by atoms with Crippen LogP contribution in [0.1, 0.15) is 27.9 Å². The number of pyridine rings is 3. The Bertz CT molecular complexity index is 1810. The summed E-state index contributed by atoms with van der Waals surface area (Å²) in [5.74, 6) is -0.486. The van der Waals surface area contributed by atoms with Gasteiger partial charge in [-0.25, -0.2) is 9.97 Å². The summed E-state index contributed by atoms with van der Waals surface area (Å²) >= 11 is 0. The summed E-state index contributed by atoms with van der Waals surface area (Å²) in [4.78, 5) is 54.1. The van der Waals surface area contributed by atoms with E-state index in [2.05, 4.69) is 20.3 Å². The summed E-state index contributed by atoms with van der Waals surface area (Å²) in [5.41, 5.74) is 2.52. The molecular formula is C28H21N7O4. The van der Waals surface area contributed by atoms with Gasteiger partial charge in [-0.15, -0.1) is 0 Å². The van der Waals surface area contributed by atoms with Gasteiger partial charge in [-0.3, -0.25) is 23.9 Å². The van der Waals surface area contributed by atoms with E-state index in [1.165, 1.54) is 16.8 Å². The molecule has 11 heteroatoms. The van der Waals surface area contributed by atoms with Crippen molar-refractivity contribution in [2.24, 2.45) is 0 Å². The molecule has 0 bridgehead atoms. The number of oxazole rings is 1. The number of nitrogens with one attached hydrogen (secondary N) is 1. The van der Waals surface area contributed by atoms with Crippen LogP contribution in [0.5, 0.6) is 0 Å². The third-order valence-corrected chi connectivity index (χ3v) is 6.65. The van der Waals surface area contributed by atoms with Crippen molar-refractivity contribution in [1.82, 2.24) is 29.7 Å². The van der Waals surface area contributed by atoms with E-state index in [4.69, 9.17) is 9.68 Å². The number of rotatable bonds is 6. The lowest BCUT2D eigenvalue weighted by Crippen LogP contribution is -2.45. The molecule has 0 radical (unpaired) electrons. The maximum absolute atomic E-state index is 13.5. The van der Waals surface area contributed by atoms with E-state index in [-0.39, 0.29) is 30.2 Å². The van der Waals surface area contributed by atoms with Crippen LogP contribution < -0.4 is 10.9 Å². The highest BCUT2D eigenvalue weighted by atomic mass is 16.3. The molecular weight excluding hydrogens is 498 g/mol. The molecule has 0 aliphatic carbocycles. The second-order valence-electron chi connectivity index (χ2n) is 9.17. The summed E-state index contributed by atoms with van der Waals surface area (Å²) in [5, 5.41) is 12.2. The first kappa shape index (κ1) is 24.0. The van der Waals surface area contributed by atoms with Gasteiger partial charge in [0.2, 0.25) is 11.8 Å². The van der Waals surface area contributed by atoms with Crippen molar-refractivity contribution in [3.05, 3.63) is 88.1 Å². The third kappa shape index (κ3) is 4.59. The number of nitriles is 1. The molecule has 1 fully saturated rings. The molecule has 1 aliphatic rings. The number of amides is 2. The Balaban J connectivity index is 1.38. The summed E-state index contributed by atoms with van der Waals surface area (Å²) in [6.07, 6.45) is 5.63. The molecule has 5 heterocycles. The van der Waals surface area contributed by atoms with Gasteiger partial charge in [-0.2, -0.15) is 5.26 Å². The molecule has 5 aromatic rings. The van der Waals surface area contributed by atoms with Crippen LogP contribution in [0.2, 0.25) is 0 Å². The van der Waals surface area contributed by atoms with Crippen molar-refractivity contribution in [1.29, 1.82) is 5.26 Å². The Hall–Kier alpha value is -5.37. The predicted molar refractivity (Wildman–Crippen MR) is 140 cm³/mol. The van der Waals surface area contributed by atoms with Crippen LogP contribution in [0.15, 0.2) is 70.3 Å². The molecule has 2 amide bonds. The Morgan fingerprint density at radius 3 is 2.64 bits per heavy atom. The Kier molecular flexibility index (Phi) is 6.05. The predicted octanol–water partition coefficient (Wildman–Crippen LogP) is 2.63. The highest BCUT2D eigenvalue weighted by Gasteiger charge is 2.24. The maximum Gasteiger partial charge on any atom is 0.265 e. The van der Waals surface area contributed by atoms with E-state index in [1.807, 2.05) is 6.07 Å². The van der Waals surface area contributed by atoms with Crippen LogP contribution in [0.3, 0.4) is 0 Å². The fourth-order valence-electron chi connectivity index (χ4n) is 4.37. The quantitative estimate of drug-likeness (QED) is 0.360. The summed E-state index contributed by atoms with van der Waals surface area (Å²) in [6, 6.07) is 13.7. The Morgan fingerprint density at radius 1 is 1.10 bits per heavy atom. The molecule has 0 spiro atoms. The zero-order valence-corrected chi connectivity index (χ0v) is 20.6. The van der Waals surface area contributed by atoms with E-state index in [0.29, 0.717) is 46.6 Å². The lowest BCUT2D eigenvalue weighted by molar-refractivity contribution is -0.135. The zero-order chi connectivity index (χ0) is 26.9. The number of aromatic nitrogens is 4. The summed E-state index contributed by atoms with van der Waals surface area (Å²) in [7, 11) is 0. The first-order chi connectivity index (χ1) is 19.0. The van der Waals surface area contributed by atoms with E-state index >= 15 is 0 Å². The van der Waals surface area contributed by atoms with Gasteiger partial charge in [-0.1, -0.05) is 12.1 Å². The second kappa shape index (κ2) is 9.83. The molecule has 1 aliphatic heterocycles. The minimum atomic E-state index is -0.609. The number of likely N-dealkylation sites (tertiary alicyclic amines) is 1. The number of fused-ring (bicyclic) bond motifs is 2. The van der Waals surface area contributed by atoms with Crippen molar-refractivity contribution in [3.8, 4) is 17.5 Å². The molecule has 11 nitrogen and oxygen atoms in total. The molecule has 0 atom stereocenters. The van der Waals surface area contributed by atoms with Crippen LogP contribution in [0, 0.1) is 11.3 Å². The SMILES string of the molecule is N#Cc1ccc(CNC(=O)c2cc3cc(-c4nc5cnccc5o4)cnc3n(CC(=O)N3CCC3)c2=O)cc1. The van der Waals surface area contributed by atoms with Gasteiger partial charge in [0, 0.05) is 43.5 Å². The molecule has 1 aromatic carbocycles. The molecule has 192 valence electrons. The average molecular weight is 520 g/mol. The highest BCUT2D eigenvalue weighted by molar-refractivity contribution is 5.97. The smallest absolute Gasteiger partial charge is 0.265 e. The topological polar surface area (TPSA) is 147 Å². The van der Waals surface area contributed by atoms with Crippen molar-refractivity contribution >= 4 is 33.9 Å². The lowest BCUT2D eigenvalue weighted by atomic mass is 10.1. The van der Waals surface area contributed by atoms with Gasteiger partial charge in [-0.05, 0) is 36.2 Å². The van der Waals surface area contributed by atoms with Crippen molar-refractivity contribution in [2.75, 3.05) is 13.1 Å². The molecule has 0 unspecified atom stereocenters. The standard InChI is InChI=1S/C28H21N7O4/c29-12-17-2-4-18(5-3-17)13-32-26(37)21-11-19-10-20(27-33-22-15-30-7-6-23(22)39-27)14-31-25(19)35(28(21)38)16-24(36)34-8-1-9-34/h2-7,10-11,14-15H,1,8-9,13,16H2,(H,32,37). The summed E-state index contributed by atoms with van der Waals surface area (Å²) in [6.45, 7) is 1.21. The number of benzene rings is 1. The van der Waals surface area contributed by atoms with Crippen LogP contribution in [-0.2, 0) is 17.9 Å².